The van der Waals surface area contributed by atoms with Gasteiger partial charge >= 0.3 is 0 Å². The summed E-state index contributed by atoms with van der Waals surface area (Å²) in [5.74, 6) is -0.336. The smallest absolute Gasteiger partial charge is 0.130 e. The normalized spacial score (nSPS) is 13.0. The summed E-state index contributed by atoms with van der Waals surface area (Å²) in [6, 6.07) is 4.81. The van der Waals surface area contributed by atoms with Gasteiger partial charge in [-0.1, -0.05) is 6.07 Å². The van der Waals surface area contributed by atoms with Gasteiger partial charge in [-0.3, -0.25) is 0 Å². The molecule has 0 aliphatic rings. The first kappa shape index (κ1) is 9.55. The second-order valence-corrected chi connectivity index (χ2v) is 3.38. The molecular weight excluding hydrogens is 175 g/mol. The molecule has 1 N–H and O–H groups in total. The Labute approximate surface area is 75.6 Å². The minimum absolute atomic E-state index is 0.336. The van der Waals surface area contributed by atoms with Crippen LogP contribution in [0.15, 0.2) is 23.1 Å². The zero-order valence-electron chi connectivity index (χ0n) is 7.04. The van der Waals surface area contributed by atoms with Crippen LogP contribution in [-0.2, 0) is 0 Å². The highest BCUT2D eigenvalue weighted by atomic mass is 32.2. The van der Waals surface area contributed by atoms with E-state index in [0.29, 0.717) is 5.56 Å². The van der Waals surface area contributed by atoms with Crippen molar-refractivity contribution in [3.8, 4) is 0 Å². The van der Waals surface area contributed by atoms with Crippen molar-refractivity contribution in [2.24, 2.45) is 0 Å². The van der Waals surface area contributed by atoms with Crippen molar-refractivity contribution >= 4 is 11.8 Å². The maximum absolute atomic E-state index is 13.1. The van der Waals surface area contributed by atoms with Gasteiger partial charge in [0.05, 0.1) is 6.10 Å². The number of halogens is 1. The van der Waals surface area contributed by atoms with Gasteiger partial charge in [0, 0.05) is 10.5 Å². The molecule has 12 heavy (non-hydrogen) atoms. The monoisotopic (exact) mass is 186 g/mol. The molecule has 0 spiro atoms. The standard InChI is InChI=1S/C9H11FOS/c1-6(11)9-7(10)4-3-5-8(9)12-2/h3-6,11H,1-2H3/t6-/m1/s1. The lowest BCUT2D eigenvalue weighted by atomic mass is 10.1. The van der Waals surface area contributed by atoms with Crippen molar-refractivity contribution in [3.05, 3.63) is 29.6 Å². The Kier molecular flexibility index (Phi) is 3.12. The van der Waals surface area contributed by atoms with Gasteiger partial charge in [-0.2, -0.15) is 0 Å². The van der Waals surface area contributed by atoms with Crippen LogP contribution in [0.2, 0.25) is 0 Å². The van der Waals surface area contributed by atoms with E-state index in [9.17, 15) is 9.50 Å². The minimum Gasteiger partial charge on any atom is -0.389 e. The zero-order chi connectivity index (χ0) is 9.14. The van der Waals surface area contributed by atoms with Crippen LogP contribution in [-0.4, -0.2) is 11.4 Å². The molecule has 0 heterocycles. The maximum atomic E-state index is 13.1. The van der Waals surface area contributed by atoms with E-state index in [0.717, 1.165) is 4.90 Å². The van der Waals surface area contributed by atoms with Crippen LogP contribution >= 0.6 is 11.8 Å². The highest BCUT2D eigenvalue weighted by molar-refractivity contribution is 7.98. The zero-order valence-corrected chi connectivity index (χ0v) is 7.86. The molecule has 0 amide bonds. The van der Waals surface area contributed by atoms with Crippen LogP contribution < -0.4 is 0 Å². The third kappa shape index (κ3) is 1.79. The number of hydrogen-bond acceptors (Lipinski definition) is 2. The topological polar surface area (TPSA) is 20.2 Å². The summed E-state index contributed by atoms with van der Waals surface area (Å²) >= 11 is 1.44. The second-order valence-electron chi connectivity index (χ2n) is 2.53. The lowest BCUT2D eigenvalue weighted by Crippen LogP contribution is -1.97. The van der Waals surface area contributed by atoms with Crippen molar-refractivity contribution in [2.45, 2.75) is 17.9 Å². The second kappa shape index (κ2) is 3.92. The molecule has 3 heteroatoms. The molecule has 66 valence electrons. The lowest BCUT2D eigenvalue weighted by molar-refractivity contribution is 0.191. The molecule has 0 radical (unpaired) electrons. The average molecular weight is 186 g/mol. The predicted molar refractivity (Wildman–Crippen MR) is 48.8 cm³/mol. The molecule has 1 rings (SSSR count). The molecule has 0 aliphatic carbocycles. The summed E-state index contributed by atoms with van der Waals surface area (Å²) in [6.45, 7) is 1.57. The van der Waals surface area contributed by atoms with Crippen LogP contribution in [0, 0.1) is 5.82 Å². The van der Waals surface area contributed by atoms with Gasteiger partial charge in [0.15, 0.2) is 0 Å². The first-order valence-corrected chi connectivity index (χ1v) is 4.89. The highest BCUT2D eigenvalue weighted by Crippen LogP contribution is 2.27. The molecule has 1 nitrogen and oxygen atoms in total. The third-order valence-corrected chi connectivity index (χ3v) is 2.45. The van der Waals surface area contributed by atoms with Crippen LogP contribution in [0.1, 0.15) is 18.6 Å². The number of aliphatic hydroxyl groups excluding tert-OH is 1. The Morgan fingerprint density at radius 3 is 2.58 bits per heavy atom. The Morgan fingerprint density at radius 2 is 2.17 bits per heavy atom. The minimum atomic E-state index is -0.742. The highest BCUT2D eigenvalue weighted by Gasteiger charge is 2.11. The largest absolute Gasteiger partial charge is 0.389 e. The van der Waals surface area contributed by atoms with E-state index in [2.05, 4.69) is 0 Å². The molecule has 1 aromatic rings. The van der Waals surface area contributed by atoms with Gasteiger partial charge in [-0.05, 0) is 25.3 Å². The average Bonchev–Trinajstić information content (AvgIpc) is 2.03. The van der Waals surface area contributed by atoms with Gasteiger partial charge in [0.25, 0.3) is 0 Å². The van der Waals surface area contributed by atoms with Crippen molar-refractivity contribution in [2.75, 3.05) is 6.26 Å². The van der Waals surface area contributed by atoms with Gasteiger partial charge in [0.2, 0.25) is 0 Å². The Hall–Kier alpha value is -0.540. The molecule has 1 aromatic carbocycles. The van der Waals surface area contributed by atoms with Crippen LogP contribution in [0.5, 0.6) is 0 Å². The fourth-order valence-electron chi connectivity index (χ4n) is 1.10. The number of thioether (sulfide) groups is 1. The maximum Gasteiger partial charge on any atom is 0.130 e. The van der Waals surface area contributed by atoms with E-state index in [-0.39, 0.29) is 5.82 Å². The van der Waals surface area contributed by atoms with Crippen molar-refractivity contribution in [1.29, 1.82) is 0 Å². The van der Waals surface area contributed by atoms with Crippen molar-refractivity contribution in [1.82, 2.24) is 0 Å². The molecule has 0 fully saturated rings. The van der Waals surface area contributed by atoms with Crippen LogP contribution in [0.4, 0.5) is 4.39 Å². The quantitative estimate of drug-likeness (QED) is 0.716. The molecule has 0 saturated carbocycles. The van der Waals surface area contributed by atoms with Gasteiger partial charge < -0.3 is 5.11 Å². The number of rotatable bonds is 2. The molecular formula is C9H11FOS. The summed E-state index contributed by atoms with van der Waals surface area (Å²) in [5, 5.41) is 9.26. The van der Waals surface area contributed by atoms with E-state index in [1.54, 1.807) is 19.1 Å². The molecule has 0 saturated heterocycles. The molecule has 1 atom stereocenters. The lowest BCUT2D eigenvalue weighted by Gasteiger charge is -2.10. The van der Waals surface area contributed by atoms with Crippen LogP contribution in [0.25, 0.3) is 0 Å². The SMILES string of the molecule is CSc1cccc(F)c1[C@@H](C)O. The first-order chi connectivity index (χ1) is 5.66. The molecule has 0 aromatic heterocycles. The predicted octanol–water partition coefficient (Wildman–Crippen LogP) is 2.60. The summed E-state index contributed by atoms with van der Waals surface area (Å²) in [6.07, 6.45) is 1.12. The van der Waals surface area contributed by atoms with Crippen molar-refractivity contribution < 1.29 is 9.50 Å². The van der Waals surface area contributed by atoms with Crippen molar-refractivity contribution in [3.63, 3.8) is 0 Å². The summed E-state index contributed by atoms with van der Waals surface area (Å²) < 4.78 is 13.1. The Balaban J connectivity index is 3.20. The Bertz CT molecular complexity index is 273. The summed E-state index contributed by atoms with van der Waals surface area (Å²) in [5.41, 5.74) is 0.394. The van der Waals surface area contributed by atoms with Gasteiger partial charge in [0.1, 0.15) is 5.82 Å². The third-order valence-electron chi connectivity index (χ3n) is 1.65. The van der Waals surface area contributed by atoms with Crippen LogP contribution in [0.3, 0.4) is 0 Å². The molecule has 0 aliphatic heterocycles. The van der Waals surface area contributed by atoms with Gasteiger partial charge in [-0.15, -0.1) is 11.8 Å². The number of hydrogen-bond donors (Lipinski definition) is 1. The Morgan fingerprint density at radius 1 is 1.50 bits per heavy atom. The number of benzene rings is 1. The van der Waals surface area contributed by atoms with E-state index < -0.39 is 6.10 Å². The van der Waals surface area contributed by atoms with E-state index in [1.165, 1.54) is 17.8 Å². The van der Waals surface area contributed by atoms with E-state index >= 15 is 0 Å². The molecule has 0 unspecified atom stereocenters. The van der Waals surface area contributed by atoms with E-state index in [1.807, 2.05) is 6.26 Å². The van der Waals surface area contributed by atoms with E-state index in [4.69, 9.17) is 0 Å². The molecule has 0 bridgehead atoms. The fraction of sp³-hybridized carbons (Fsp3) is 0.333. The van der Waals surface area contributed by atoms with Gasteiger partial charge in [-0.25, -0.2) is 4.39 Å². The fourth-order valence-corrected chi connectivity index (χ4v) is 1.80. The first-order valence-electron chi connectivity index (χ1n) is 3.67. The summed E-state index contributed by atoms with van der Waals surface area (Å²) in [4.78, 5) is 0.796. The summed E-state index contributed by atoms with van der Waals surface area (Å²) in [7, 11) is 0. The number of aliphatic hydroxyl groups is 1.